The third-order valence-electron chi connectivity index (χ3n) is 4.59. The highest BCUT2D eigenvalue weighted by Gasteiger charge is 2.23. The van der Waals surface area contributed by atoms with E-state index < -0.39 is 0 Å². The van der Waals surface area contributed by atoms with Crippen molar-refractivity contribution in [2.24, 2.45) is 0 Å². The second kappa shape index (κ2) is 8.19. The maximum atomic E-state index is 8.87. The molecule has 3 heteroatoms. The van der Waals surface area contributed by atoms with Crippen molar-refractivity contribution in [1.82, 2.24) is 0 Å². The number of guanidine groups is 1. The van der Waals surface area contributed by atoms with Crippen molar-refractivity contribution in [1.29, 1.82) is 5.41 Å². The Kier molecular flexibility index (Phi) is 6.24. The molecule has 0 radical (unpaired) electrons. The van der Waals surface area contributed by atoms with Crippen LogP contribution in [0, 0.1) is 5.41 Å². The Morgan fingerprint density at radius 1 is 1.00 bits per heavy atom. The molecule has 0 amide bonds. The van der Waals surface area contributed by atoms with Gasteiger partial charge in [-0.25, -0.2) is 0 Å². The Hall–Kier alpha value is -2.29. The highest BCUT2D eigenvalue weighted by Crippen LogP contribution is 2.30. The lowest BCUT2D eigenvalue weighted by atomic mass is 10.00. The topological polar surface area (TPSA) is 30.3 Å². The van der Waals surface area contributed by atoms with Crippen LogP contribution in [-0.2, 0) is 6.42 Å². The van der Waals surface area contributed by atoms with Crippen molar-refractivity contribution < 1.29 is 0 Å². The summed E-state index contributed by atoms with van der Waals surface area (Å²) in [5, 5.41) is 8.87. The molecule has 2 aromatic carbocycles. The second-order valence-electron chi connectivity index (χ2n) is 7.08. The summed E-state index contributed by atoms with van der Waals surface area (Å²) in [4.78, 5) is 4.09. The van der Waals surface area contributed by atoms with Gasteiger partial charge in [-0.05, 0) is 55.5 Å². The molecule has 0 fully saturated rings. The van der Waals surface area contributed by atoms with Gasteiger partial charge in [-0.1, -0.05) is 51.1 Å². The van der Waals surface area contributed by atoms with Gasteiger partial charge in [-0.3, -0.25) is 5.41 Å². The second-order valence-corrected chi connectivity index (χ2v) is 7.08. The quantitative estimate of drug-likeness (QED) is 0.564. The number of nitrogens with one attached hydrogen (secondary N) is 1. The largest absolute Gasteiger partial charge is 0.316 e. The summed E-state index contributed by atoms with van der Waals surface area (Å²) in [5.74, 6) is 0.912. The van der Waals surface area contributed by atoms with Gasteiger partial charge in [-0.15, -0.1) is 0 Å². The first-order chi connectivity index (χ1) is 11.9. The van der Waals surface area contributed by atoms with E-state index in [1.54, 1.807) is 0 Å². The molecule has 0 bridgehead atoms. The molecule has 0 spiro atoms. The third kappa shape index (κ3) is 4.22. The first-order valence-corrected chi connectivity index (χ1v) is 9.16. The maximum absolute atomic E-state index is 8.87. The molecule has 2 aromatic rings. The van der Waals surface area contributed by atoms with E-state index in [-0.39, 0.29) is 6.04 Å². The van der Waals surface area contributed by atoms with Gasteiger partial charge in [-0.2, -0.15) is 0 Å². The number of aryl methyl sites for hydroxylation is 1. The SMILES string of the molecule is CCc1cccc(N(C)C(=N)N(c2ccccc2C(C)C)C(C)C)c1. The predicted molar refractivity (Wildman–Crippen MR) is 110 cm³/mol. The van der Waals surface area contributed by atoms with Gasteiger partial charge in [0.2, 0.25) is 5.96 Å². The molecule has 0 aromatic heterocycles. The van der Waals surface area contributed by atoms with Crippen LogP contribution in [0.5, 0.6) is 0 Å². The number of hydrogen-bond acceptors (Lipinski definition) is 1. The minimum absolute atomic E-state index is 0.198. The van der Waals surface area contributed by atoms with Crippen molar-refractivity contribution in [2.45, 2.75) is 53.0 Å². The van der Waals surface area contributed by atoms with Gasteiger partial charge in [0.1, 0.15) is 0 Å². The number of anilines is 2. The van der Waals surface area contributed by atoms with Crippen LogP contribution >= 0.6 is 0 Å². The summed E-state index contributed by atoms with van der Waals surface area (Å²) < 4.78 is 0. The first-order valence-electron chi connectivity index (χ1n) is 9.16. The van der Waals surface area contributed by atoms with E-state index >= 15 is 0 Å². The first kappa shape index (κ1) is 19.0. The normalized spacial score (nSPS) is 11.0. The summed E-state index contributed by atoms with van der Waals surface area (Å²) >= 11 is 0. The van der Waals surface area contributed by atoms with Crippen LogP contribution < -0.4 is 9.80 Å². The Morgan fingerprint density at radius 3 is 2.28 bits per heavy atom. The average molecular weight is 338 g/mol. The molecule has 0 aliphatic rings. The van der Waals surface area contributed by atoms with Crippen molar-refractivity contribution in [2.75, 3.05) is 16.8 Å². The molecule has 1 N–H and O–H groups in total. The molecular weight excluding hydrogens is 306 g/mol. The number of benzene rings is 2. The molecule has 0 unspecified atom stereocenters. The predicted octanol–water partition coefficient (Wildman–Crippen LogP) is 5.66. The van der Waals surface area contributed by atoms with Crippen LogP contribution in [0.4, 0.5) is 11.4 Å². The number of rotatable bonds is 5. The fourth-order valence-corrected chi connectivity index (χ4v) is 3.10. The summed E-state index contributed by atoms with van der Waals surface area (Å²) in [6, 6.07) is 17.1. The Balaban J connectivity index is 2.42. The van der Waals surface area contributed by atoms with Gasteiger partial charge in [0.15, 0.2) is 0 Å². The molecule has 0 heterocycles. The molecule has 0 saturated heterocycles. The fraction of sp³-hybridized carbons (Fsp3) is 0.409. The average Bonchev–Trinajstić information content (AvgIpc) is 2.61. The van der Waals surface area contributed by atoms with Crippen LogP contribution in [0.1, 0.15) is 51.7 Å². The fourth-order valence-electron chi connectivity index (χ4n) is 3.10. The number of hydrogen-bond donors (Lipinski definition) is 1. The summed E-state index contributed by atoms with van der Waals surface area (Å²) in [7, 11) is 1.98. The van der Waals surface area contributed by atoms with Gasteiger partial charge >= 0.3 is 0 Å². The van der Waals surface area contributed by atoms with E-state index in [1.165, 1.54) is 11.1 Å². The minimum atomic E-state index is 0.198. The number of nitrogens with zero attached hydrogens (tertiary/aromatic N) is 2. The minimum Gasteiger partial charge on any atom is -0.316 e. The molecule has 25 heavy (non-hydrogen) atoms. The van der Waals surface area contributed by atoms with Crippen molar-refractivity contribution >= 4 is 17.3 Å². The number of para-hydroxylation sites is 1. The van der Waals surface area contributed by atoms with Gasteiger partial charge in [0.05, 0.1) is 0 Å². The lowest BCUT2D eigenvalue weighted by molar-refractivity contribution is 0.776. The van der Waals surface area contributed by atoms with E-state index in [2.05, 4.69) is 88.0 Å². The Bertz CT molecular complexity index is 719. The molecule has 134 valence electrons. The highest BCUT2D eigenvalue weighted by molar-refractivity contribution is 6.05. The molecule has 0 aliphatic heterocycles. The molecule has 2 rings (SSSR count). The highest BCUT2D eigenvalue weighted by atomic mass is 15.4. The molecule has 0 atom stereocenters. The molecule has 0 saturated carbocycles. The van der Waals surface area contributed by atoms with E-state index in [0.717, 1.165) is 17.8 Å². The van der Waals surface area contributed by atoms with E-state index in [0.29, 0.717) is 11.9 Å². The zero-order chi connectivity index (χ0) is 18.6. The lowest BCUT2D eigenvalue weighted by Gasteiger charge is -2.36. The summed E-state index contributed by atoms with van der Waals surface area (Å²) in [6.45, 7) is 10.8. The van der Waals surface area contributed by atoms with Gasteiger partial charge < -0.3 is 9.80 Å². The zero-order valence-corrected chi connectivity index (χ0v) is 16.4. The zero-order valence-electron chi connectivity index (χ0n) is 16.4. The summed E-state index contributed by atoms with van der Waals surface area (Å²) in [6.07, 6.45) is 0.999. The van der Waals surface area contributed by atoms with Crippen molar-refractivity contribution in [3.63, 3.8) is 0 Å². The van der Waals surface area contributed by atoms with E-state index in [4.69, 9.17) is 5.41 Å². The Labute approximate surface area is 152 Å². The van der Waals surface area contributed by atoms with Crippen molar-refractivity contribution in [3.8, 4) is 0 Å². The lowest BCUT2D eigenvalue weighted by Crippen LogP contribution is -2.46. The van der Waals surface area contributed by atoms with Gasteiger partial charge in [0, 0.05) is 24.5 Å². The van der Waals surface area contributed by atoms with Crippen LogP contribution in [0.15, 0.2) is 48.5 Å². The maximum Gasteiger partial charge on any atom is 0.202 e. The van der Waals surface area contributed by atoms with Crippen LogP contribution in [-0.4, -0.2) is 19.0 Å². The smallest absolute Gasteiger partial charge is 0.202 e. The van der Waals surface area contributed by atoms with Crippen LogP contribution in [0.25, 0.3) is 0 Å². The van der Waals surface area contributed by atoms with E-state index in [9.17, 15) is 0 Å². The van der Waals surface area contributed by atoms with E-state index in [1.807, 2.05) is 11.9 Å². The molecular formula is C22H31N3. The van der Waals surface area contributed by atoms with Gasteiger partial charge in [0.25, 0.3) is 0 Å². The third-order valence-corrected chi connectivity index (χ3v) is 4.59. The van der Waals surface area contributed by atoms with Crippen LogP contribution in [0.2, 0.25) is 0 Å². The van der Waals surface area contributed by atoms with Crippen LogP contribution in [0.3, 0.4) is 0 Å². The Morgan fingerprint density at radius 2 is 1.68 bits per heavy atom. The summed E-state index contributed by atoms with van der Waals surface area (Å²) in [5.41, 5.74) is 4.74. The monoisotopic (exact) mass is 337 g/mol. The van der Waals surface area contributed by atoms with Crippen molar-refractivity contribution in [3.05, 3.63) is 59.7 Å². The molecule has 0 aliphatic carbocycles. The standard InChI is InChI=1S/C22H31N3/c1-7-18-11-10-12-19(15-18)24(6)22(23)25(17(4)5)21-14-9-8-13-20(21)16(2)3/h8-17,23H,7H2,1-6H3. The molecule has 3 nitrogen and oxygen atoms in total.